The van der Waals surface area contributed by atoms with Crippen LogP contribution >= 0.6 is 0 Å². The molecule has 1 fully saturated rings. The molecule has 0 spiro atoms. The second kappa shape index (κ2) is 9.13. The third-order valence-electron chi connectivity index (χ3n) is 2.76. The molecule has 0 aromatic rings. The predicted molar refractivity (Wildman–Crippen MR) is 62.1 cm³/mol. The maximum absolute atomic E-state index is 5.58. The molecule has 1 heterocycles. The van der Waals surface area contributed by atoms with Crippen LogP contribution in [0.25, 0.3) is 0 Å². The van der Waals surface area contributed by atoms with Gasteiger partial charge in [-0.25, -0.2) is 0 Å². The highest BCUT2D eigenvalue weighted by atomic mass is 16.5. The van der Waals surface area contributed by atoms with Gasteiger partial charge in [0.2, 0.25) is 0 Å². The maximum atomic E-state index is 5.58. The van der Waals surface area contributed by atoms with Crippen LogP contribution in [0.4, 0.5) is 0 Å². The SMILES string of the molecule is CCCCCNCCOCC1CCOC1. The molecule has 1 saturated heterocycles. The van der Waals surface area contributed by atoms with E-state index in [-0.39, 0.29) is 0 Å². The van der Waals surface area contributed by atoms with Crippen LogP contribution in [0, 0.1) is 5.92 Å². The summed E-state index contributed by atoms with van der Waals surface area (Å²) in [6, 6.07) is 0. The van der Waals surface area contributed by atoms with Crippen molar-refractivity contribution < 1.29 is 9.47 Å². The molecule has 0 amide bonds. The Morgan fingerprint density at radius 2 is 2.27 bits per heavy atom. The standard InChI is InChI=1S/C12H25NO2/c1-2-3-4-6-13-7-9-15-11-12-5-8-14-10-12/h12-13H,2-11H2,1H3. The second-order valence-corrected chi connectivity index (χ2v) is 4.26. The van der Waals surface area contributed by atoms with Crippen molar-refractivity contribution in [3.63, 3.8) is 0 Å². The lowest BCUT2D eigenvalue weighted by atomic mass is 10.1. The van der Waals surface area contributed by atoms with Crippen LogP contribution in [-0.4, -0.2) is 39.5 Å². The molecule has 3 heteroatoms. The van der Waals surface area contributed by atoms with E-state index in [1.807, 2.05) is 0 Å². The van der Waals surface area contributed by atoms with E-state index in [4.69, 9.17) is 9.47 Å². The number of hydrogen-bond acceptors (Lipinski definition) is 3. The van der Waals surface area contributed by atoms with Crippen molar-refractivity contribution in [1.82, 2.24) is 5.32 Å². The first-order chi connectivity index (χ1) is 7.43. The Bertz CT molecular complexity index is 136. The summed E-state index contributed by atoms with van der Waals surface area (Å²) in [5.41, 5.74) is 0. The van der Waals surface area contributed by atoms with Crippen molar-refractivity contribution >= 4 is 0 Å². The molecule has 90 valence electrons. The molecule has 1 N–H and O–H groups in total. The lowest BCUT2D eigenvalue weighted by molar-refractivity contribution is 0.0914. The molecule has 0 radical (unpaired) electrons. The van der Waals surface area contributed by atoms with Gasteiger partial charge in [-0.2, -0.15) is 0 Å². The summed E-state index contributed by atoms with van der Waals surface area (Å²) >= 11 is 0. The van der Waals surface area contributed by atoms with Gasteiger partial charge in [0, 0.05) is 19.1 Å². The minimum atomic E-state index is 0.644. The van der Waals surface area contributed by atoms with Gasteiger partial charge in [0.25, 0.3) is 0 Å². The van der Waals surface area contributed by atoms with E-state index in [1.165, 1.54) is 25.7 Å². The zero-order chi connectivity index (χ0) is 10.8. The molecule has 0 bridgehead atoms. The van der Waals surface area contributed by atoms with Gasteiger partial charge in [0.05, 0.1) is 19.8 Å². The zero-order valence-electron chi connectivity index (χ0n) is 9.96. The summed E-state index contributed by atoms with van der Waals surface area (Å²) in [5.74, 6) is 0.644. The second-order valence-electron chi connectivity index (χ2n) is 4.26. The largest absolute Gasteiger partial charge is 0.381 e. The first-order valence-electron chi connectivity index (χ1n) is 6.29. The fraction of sp³-hybridized carbons (Fsp3) is 1.00. The zero-order valence-corrected chi connectivity index (χ0v) is 9.96. The number of rotatable bonds is 9. The van der Waals surface area contributed by atoms with Gasteiger partial charge in [0.15, 0.2) is 0 Å². The first kappa shape index (κ1) is 12.9. The average molecular weight is 215 g/mol. The minimum Gasteiger partial charge on any atom is -0.381 e. The van der Waals surface area contributed by atoms with Crippen LogP contribution < -0.4 is 5.32 Å². The molecule has 0 saturated carbocycles. The highest BCUT2D eigenvalue weighted by molar-refractivity contribution is 4.62. The Kier molecular flexibility index (Phi) is 7.88. The molecule has 1 atom stereocenters. The smallest absolute Gasteiger partial charge is 0.0591 e. The van der Waals surface area contributed by atoms with E-state index in [9.17, 15) is 0 Å². The van der Waals surface area contributed by atoms with E-state index < -0.39 is 0 Å². The lowest BCUT2D eigenvalue weighted by Gasteiger charge is -2.09. The van der Waals surface area contributed by atoms with Crippen molar-refractivity contribution in [2.45, 2.75) is 32.6 Å². The summed E-state index contributed by atoms with van der Waals surface area (Å²) < 4.78 is 10.9. The fourth-order valence-electron chi connectivity index (χ4n) is 1.73. The van der Waals surface area contributed by atoms with Crippen LogP contribution in [-0.2, 0) is 9.47 Å². The topological polar surface area (TPSA) is 30.5 Å². The van der Waals surface area contributed by atoms with Crippen LogP contribution in [0.15, 0.2) is 0 Å². The Labute approximate surface area is 93.5 Å². The summed E-state index contributed by atoms with van der Waals surface area (Å²) in [7, 11) is 0. The maximum Gasteiger partial charge on any atom is 0.0591 e. The number of unbranched alkanes of at least 4 members (excludes halogenated alkanes) is 2. The van der Waals surface area contributed by atoms with Gasteiger partial charge >= 0.3 is 0 Å². The van der Waals surface area contributed by atoms with Crippen molar-refractivity contribution in [3.8, 4) is 0 Å². The molecule has 3 nitrogen and oxygen atoms in total. The summed E-state index contributed by atoms with van der Waals surface area (Å²) in [6.45, 7) is 7.86. The molecule has 0 aliphatic carbocycles. The van der Waals surface area contributed by atoms with Crippen LogP contribution in [0.5, 0.6) is 0 Å². The number of hydrogen-bond donors (Lipinski definition) is 1. The Balaban J connectivity index is 1.73. The van der Waals surface area contributed by atoms with Gasteiger partial charge < -0.3 is 14.8 Å². The molecule has 1 rings (SSSR count). The molecule has 0 aromatic carbocycles. The summed E-state index contributed by atoms with van der Waals surface area (Å²) in [4.78, 5) is 0. The molecule has 1 unspecified atom stereocenters. The van der Waals surface area contributed by atoms with E-state index in [0.717, 1.165) is 39.5 Å². The Morgan fingerprint density at radius 1 is 1.33 bits per heavy atom. The van der Waals surface area contributed by atoms with E-state index >= 15 is 0 Å². The molecular weight excluding hydrogens is 190 g/mol. The third kappa shape index (κ3) is 6.88. The Hall–Kier alpha value is -0.120. The predicted octanol–water partition coefficient (Wildman–Crippen LogP) is 1.82. The summed E-state index contributed by atoms with van der Waals surface area (Å²) in [5, 5.41) is 3.39. The average Bonchev–Trinajstić information content (AvgIpc) is 2.75. The quantitative estimate of drug-likeness (QED) is 0.595. The van der Waals surface area contributed by atoms with E-state index in [0.29, 0.717) is 5.92 Å². The minimum absolute atomic E-state index is 0.644. The van der Waals surface area contributed by atoms with Crippen molar-refractivity contribution in [1.29, 1.82) is 0 Å². The molecule has 1 aliphatic heterocycles. The van der Waals surface area contributed by atoms with Crippen molar-refractivity contribution in [2.24, 2.45) is 5.92 Å². The molecular formula is C12H25NO2. The fourth-order valence-corrected chi connectivity index (χ4v) is 1.73. The van der Waals surface area contributed by atoms with E-state index in [2.05, 4.69) is 12.2 Å². The Morgan fingerprint density at radius 3 is 3.00 bits per heavy atom. The normalized spacial score (nSPS) is 21.0. The van der Waals surface area contributed by atoms with Gasteiger partial charge in [-0.1, -0.05) is 19.8 Å². The van der Waals surface area contributed by atoms with Gasteiger partial charge in [-0.05, 0) is 19.4 Å². The van der Waals surface area contributed by atoms with Crippen LogP contribution in [0.2, 0.25) is 0 Å². The van der Waals surface area contributed by atoms with Gasteiger partial charge in [0.1, 0.15) is 0 Å². The first-order valence-corrected chi connectivity index (χ1v) is 6.29. The number of nitrogens with one attached hydrogen (secondary N) is 1. The molecule has 15 heavy (non-hydrogen) atoms. The van der Waals surface area contributed by atoms with Gasteiger partial charge in [-0.3, -0.25) is 0 Å². The van der Waals surface area contributed by atoms with Crippen LogP contribution in [0.1, 0.15) is 32.6 Å². The monoisotopic (exact) mass is 215 g/mol. The third-order valence-corrected chi connectivity index (χ3v) is 2.76. The van der Waals surface area contributed by atoms with Crippen LogP contribution in [0.3, 0.4) is 0 Å². The van der Waals surface area contributed by atoms with Gasteiger partial charge in [-0.15, -0.1) is 0 Å². The van der Waals surface area contributed by atoms with Crippen molar-refractivity contribution in [3.05, 3.63) is 0 Å². The lowest BCUT2D eigenvalue weighted by Crippen LogP contribution is -2.22. The summed E-state index contributed by atoms with van der Waals surface area (Å²) in [6.07, 6.45) is 5.07. The number of ether oxygens (including phenoxy) is 2. The highest BCUT2D eigenvalue weighted by Crippen LogP contribution is 2.11. The highest BCUT2D eigenvalue weighted by Gasteiger charge is 2.14. The molecule has 1 aliphatic rings. The van der Waals surface area contributed by atoms with E-state index in [1.54, 1.807) is 0 Å². The van der Waals surface area contributed by atoms with Crippen molar-refractivity contribution in [2.75, 3.05) is 39.5 Å². The molecule has 0 aromatic heterocycles.